The minimum absolute atomic E-state index is 0.00330. The van der Waals surface area contributed by atoms with E-state index in [0.29, 0.717) is 24.4 Å². The van der Waals surface area contributed by atoms with Crippen LogP contribution in [0.4, 0.5) is 0 Å². The van der Waals surface area contributed by atoms with Crippen LogP contribution in [0.3, 0.4) is 0 Å². The van der Waals surface area contributed by atoms with Gasteiger partial charge in [0.05, 0.1) is 5.41 Å². The fraction of sp³-hybridized carbons (Fsp3) is 0.636. The van der Waals surface area contributed by atoms with Crippen LogP contribution in [-0.2, 0) is 15.0 Å². The molecule has 0 bridgehead atoms. The lowest BCUT2D eigenvalue weighted by atomic mass is 9.73. The van der Waals surface area contributed by atoms with Crippen LogP contribution < -0.4 is 5.73 Å². The number of nitrogens with two attached hydrogens (primary N) is 1. The highest BCUT2D eigenvalue weighted by Crippen LogP contribution is 2.37. The van der Waals surface area contributed by atoms with Crippen LogP contribution in [0.1, 0.15) is 58.4 Å². The van der Waals surface area contributed by atoms with Crippen molar-refractivity contribution in [2.75, 3.05) is 26.2 Å². The zero-order valence-electron chi connectivity index (χ0n) is 17.4. The number of hydrogen-bond donors (Lipinski definition) is 1. The van der Waals surface area contributed by atoms with Crippen LogP contribution >= 0.6 is 11.6 Å². The number of primary amides is 1. The van der Waals surface area contributed by atoms with Gasteiger partial charge in [0.15, 0.2) is 0 Å². The zero-order valence-corrected chi connectivity index (χ0v) is 18.2. The first-order chi connectivity index (χ1) is 13.3. The van der Waals surface area contributed by atoms with Crippen LogP contribution in [-0.4, -0.2) is 53.8 Å². The van der Waals surface area contributed by atoms with Crippen molar-refractivity contribution >= 4 is 23.4 Å². The second-order valence-electron chi connectivity index (χ2n) is 8.13. The molecule has 0 aliphatic carbocycles. The molecule has 1 heterocycles. The number of halogens is 1. The summed E-state index contributed by atoms with van der Waals surface area (Å²) in [6, 6.07) is 7.53. The summed E-state index contributed by atoms with van der Waals surface area (Å²) in [6.45, 7) is 8.92. The topological polar surface area (TPSA) is 66.6 Å². The summed E-state index contributed by atoms with van der Waals surface area (Å²) >= 11 is 6.51. The maximum atomic E-state index is 12.8. The average molecular weight is 408 g/mol. The van der Waals surface area contributed by atoms with Crippen molar-refractivity contribution in [1.29, 1.82) is 0 Å². The van der Waals surface area contributed by atoms with Gasteiger partial charge < -0.3 is 15.5 Å². The predicted octanol–water partition coefficient (Wildman–Crippen LogP) is 3.59. The Morgan fingerprint density at radius 3 is 2.36 bits per heavy atom. The molecule has 1 aromatic rings. The Hall–Kier alpha value is -1.59. The third kappa shape index (κ3) is 5.48. The second kappa shape index (κ2) is 10.3. The molecule has 0 spiro atoms. The van der Waals surface area contributed by atoms with Crippen molar-refractivity contribution in [2.45, 2.75) is 64.3 Å². The van der Waals surface area contributed by atoms with E-state index < -0.39 is 5.41 Å². The van der Waals surface area contributed by atoms with Crippen LogP contribution in [0.2, 0.25) is 5.02 Å². The highest BCUT2D eigenvalue weighted by molar-refractivity contribution is 6.31. The van der Waals surface area contributed by atoms with Gasteiger partial charge in [-0.3, -0.25) is 9.59 Å². The number of rotatable bonds is 9. The highest BCUT2D eigenvalue weighted by Gasteiger charge is 2.40. The smallest absolute Gasteiger partial charge is 0.228 e. The molecule has 156 valence electrons. The van der Waals surface area contributed by atoms with Gasteiger partial charge in [0, 0.05) is 24.5 Å². The van der Waals surface area contributed by atoms with E-state index in [2.05, 4.69) is 4.90 Å². The van der Waals surface area contributed by atoms with Gasteiger partial charge in [0.1, 0.15) is 0 Å². The molecule has 1 fully saturated rings. The van der Waals surface area contributed by atoms with Gasteiger partial charge in [0.25, 0.3) is 0 Å². The highest BCUT2D eigenvalue weighted by atomic mass is 35.5. The molecular weight excluding hydrogens is 374 g/mol. The van der Waals surface area contributed by atoms with Crippen LogP contribution in [0.5, 0.6) is 0 Å². The van der Waals surface area contributed by atoms with Crippen LogP contribution in [0.25, 0.3) is 0 Å². The average Bonchev–Trinajstić information content (AvgIpc) is 2.65. The number of piperidine rings is 1. The van der Waals surface area contributed by atoms with Gasteiger partial charge in [-0.15, -0.1) is 0 Å². The third-order valence-electron chi connectivity index (χ3n) is 5.97. The molecule has 1 aliphatic rings. The number of amides is 2. The molecule has 28 heavy (non-hydrogen) atoms. The number of benzene rings is 1. The Kier molecular flexibility index (Phi) is 8.32. The first-order valence-corrected chi connectivity index (χ1v) is 10.7. The molecule has 1 unspecified atom stereocenters. The molecule has 1 aliphatic heterocycles. The van der Waals surface area contributed by atoms with Crippen molar-refractivity contribution in [3.05, 3.63) is 34.9 Å². The fourth-order valence-corrected chi connectivity index (χ4v) is 4.56. The lowest BCUT2D eigenvalue weighted by Crippen LogP contribution is -2.48. The molecular formula is C22H34ClN3O2. The van der Waals surface area contributed by atoms with Gasteiger partial charge in [-0.25, -0.2) is 0 Å². The normalized spacial score (nSPS) is 17.3. The minimum atomic E-state index is -0.890. The van der Waals surface area contributed by atoms with Crippen molar-refractivity contribution in [2.24, 2.45) is 5.73 Å². The molecule has 2 N–H and O–H groups in total. The lowest BCUT2D eigenvalue weighted by molar-refractivity contribution is -0.132. The number of hydrogen-bond acceptors (Lipinski definition) is 3. The molecule has 0 saturated carbocycles. The molecule has 1 aromatic carbocycles. The van der Waals surface area contributed by atoms with E-state index in [1.54, 1.807) is 17.9 Å². The molecule has 1 saturated heterocycles. The Bertz CT molecular complexity index is 674. The van der Waals surface area contributed by atoms with E-state index in [1.165, 1.54) is 19.3 Å². The molecule has 6 heteroatoms. The maximum absolute atomic E-state index is 12.8. The van der Waals surface area contributed by atoms with Crippen molar-refractivity contribution in [3.8, 4) is 0 Å². The van der Waals surface area contributed by atoms with Gasteiger partial charge in [-0.1, -0.05) is 36.2 Å². The second-order valence-corrected chi connectivity index (χ2v) is 8.54. The van der Waals surface area contributed by atoms with Gasteiger partial charge in [0.2, 0.25) is 11.8 Å². The molecule has 5 nitrogen and oxygen atoms in total. The number of carbonyl (C=O) groups is 2. The summed E-state index contributed by atoms with van der Waals surface area (Å²) in [4.78, 5) is 29.1. The molecule has 1 atom stereocenters. The summed E-state index contributed by atoms with van der Waals surface area (Å²) in [5, 5.41) is 0.555. The number of carbonyl (C=O) groups excluding carboxylic acids is 2. The SMILES string of the molecule is CC(=O)N(CCC(CCN1CCCCC1)(C(N)=O)c1ccccc1Cl)C(C)C. The Balaban J connectivity index is 2.32. The van der Waals surface area contributed by atoms with E-state index in [4.69, 9.17) is 17.3 Å². The van der Waals surface area contributed by atoms with Crippen molar-refractivity contribution < 1.29 is 9.59 Å². The standard InChI is InChI=1S/C22H34ClN3O2/c1-17(2)26(18(3)27)16-12-22(21(24)28,19-9-5-6-10-20(19)23)11-15-25-13-7-4-8-14-25/h5-6,9-10,17H,4,7-8,11-16H2,1-3H3,(H2,24,28). The van der Waals surface area contributed by atoms with Gasteiger partial charge in [-0.2, -0.15) is 0 Å². The Morgan fingerprint density at radius 1 is 1.18 bits per heavy atom. The molecule has 2 amide bonds. The number of likely N-dealkylation sites (tertiary alicyclic amines) is 1. The summed E-state index contributed by atoms with van der Waals surface area (Å²) in [6.07, 6.45) is 4.74. The monoisotopic (exact) mass is 407 g/mol. The summed E-state index contributed by atoms with van der Waals surface area (Å²) in [5.41, 5.74) is 5.89. The summed E-state index contributed by atoms with van der Waals surface area (Å²) in [5.74, 6) is -0.367. The maximum Gasteiger partial charge on any atom is 0.228 e. The lowest BCUT2D eigenvalue weighted by Gasteiger charge is -2.37. The molecule has 2 rings (SSSR count). The van der Waals surface area contributed by atoms with Gasteiger partial charge >= 0.3 is 0 Å². The summed E-state index contributed by atoms with van der Waals surface area (Å²) < 4.78 is 0. The van der Waals surface area contributed by atoms with Crippen LogP contribution in [0.15, 0.2) is 24.3 Å². The van der Waals surface area contributed by atoms with Crippen molar-refractivity contribution in [1.82, 2.24) is 9.80 Å². The first-order valence-electron chi connectivity index (χ1n) is 10.3. The largest absolute Gasteiger partial charge is 0.369 e. The third-order valence-corrected chi connectivity index (χ3v) is 6.30. The predicted molar refractivity (Wildman–Crippen MR) is 114 cm³/mol. The van der Waals surface area contributed by atoms with E-state index in [0.717, 1.165) is 25.2 Å². The quantitative estimate of drug-likeness (QED) is 0.680. The van der Waals surface area contributed by atoms with E-state index >= 15 is 0 Å². The molecule has 0 aromatic heterocycles. The van der Waals surface area contributed by atoms with Crippen molar-refractivity contribution in [3.63, 3.8) is 0 Å². The Labute approximate surface area is 174 Å². The molecule has 0 radical (unpaired) electrons. The summed E-state index contributed by atoms with van der Waals surface area (Å²) in [7, 11) is 0. The van der Waals surface area contributed by atoms with E-state index in [1.807, 2.05) is 32.0 Å². The van der Waals surface area contributed by atoms with E-state index in [9.17, 15) is 9.59 Å². The number of nitrogens with zero attached hydrogens (tertiary/aromatic N) is 2. The minimum Gasteiger partial charge on any atom is -0.369 e. The van der Waals surface area contributed by atoms with Gasteiger partial charge in [-0.05, 0) is 70.8 Å². The fourth-order valence-electron chi connectivity index (χ4n) is 4.25. The first kappa shape index (κ1) is 22.7. The zero-order chi connectivity index (χ0) is 20.7. The Morgan fingerprint density at radius 2 is 1.82 bits per heavy atom. The van der Waals surface area contributed by atoms with E-state index in [-0.39, 0.29) is 17.9 Å². The van der Waals surface area contributed by atoms with Crippen LogP contribution in [0, 0.1) is 0 Å².